The number of nitrogens with zero attached hydrogens (tertiary/aromatic N) is 3. The number of carbonyl (C=O) groups is 1. The molecule has 0 saturated heterocycles. The molecule has 0 fully saturated rings. The monoisotopic (exact) mass is 336 g/mol. The van der Waals surface area contributed by atoms with Gasteiger partial charge in [0.05, 0.1) is 12.6 Å². The molecule has 0 aliphatic carbocycles. The molecule has 0 bridgehead atoms. The normalized spacial score (nSPS) is 17.3. The quantitative estimate of drug-likeness (QED) is 0.511. The first-order valence-electron chi connectivity index (χ1n) is 7.69. The lowest BCUT2D eigenvalue weighted by Crippen LogP contribution is -2.34. The summed E-state index contributed by atoms with van der Waals surface area (Å²) in [5, 5.41) is 6.17. The summed E-state index contributed by atoms with van der Waals surface area (Å²) < 4.78 is 24.9. The molecule has 0 spiro atoms. The van der Waals surface area contributed by atoms with E-state index in [2.05, 4.69) is 15.3 Å². The van der Waals surface area contributed by atoms with E-state index >= 15 is 0 Å². The molecule has 1 aliphatic heterocycles. The molecule has 0 saturated carbocycles. The van der Waals surface area contributed by atoms with Crippen LogP contribution in [-0.2, 0) is 11.2 Å². The largest absolute Gasteiger partial charge is 0.489 e. The van der Waals surface area contributed by atoms with Crippen molar-refractivity contribution in [3.8, 4) is 5.75 Å². The van der Waals surface area contributed by atoms with Crippen LogP contribution < -0.4 is 10.1 Å². The van der Waals surface area contributed by atoms with Crippen LogP contribution in [-0.4, -0.2) is 24.3 Å². The third-order valence-corrected chi connectivity index (χ3v) is 3.44. The summed E-state index contributed by atoms with van der Waals surface area (Å²) >= 11 is 0. The van der Waals surface area contributed by atoms with Crippen LogP contribution in [0.15, 0.2) is 17.2 Å². The highest BCUT2D eigenvalue weighted by Gasteiger charge is 2.29. The van der Waals surface area contributed by atoms with Crippen molar-refractivity contribution in [1.82, 2.24) is 5.32 Å². The number of carbonyl (C=O) groups excluding carboxylic acids is 1. The van der Waals surface area contributed by atoms with Gasteiger partial charge in [-0.1, -0.05) is 5.11 Å². The van der Waals surface area contributed by atoms with Crippen molar-refractivity contribution in [1.29, 1.82) is 0 Å². The average Bonchev–Trinajstić information content (AvgIpc) is 2.84. The minimum Gasteiger partial charge on any atom is -0.489 e. The number of azide groups is 1. The Morgan fingerprint density at radius 2 is 2.29 bits per heavy atom. The van der Waals surface area contributed by atoms with Crippen molar-refractivity contribution in [2.24, 2.45) is 5.11 Å². The molecule has 2 unspecified atom stereocenters. The Bertz CT molecular complexity index is 681. The van der Waals surface area contributed by atoms with Crippen molar-refractivity contribution < 1.29 is 18.7 Å². The number of nitrogens with one attached hydrogen (secondary N) is 1. The van der Waals surface area contributed by atoms with Gasteiger partial charge in [-0.3, -0.25) is 0 Å². The molecule has 2 rings (SSSR count). The lowest BCUT2D eigenvalue weighted by molar-refractivity contribution is 0.0507. The van der Waals surface area contributed by atoms with Crippen molar-refractivity contribution in [2.45, 2.75) is 51.9 Å². The molecule has 0 radical (unpaired) electrons. The standard InChI is InChI=1S/C16H21FN4O3/c1-9(20-15(22)24-16(2,3)4)13-7-11(17)5-10-6-12(8-19-21-18)23-14(10)13/h5,7,9,12H,6,8H2,1-4H3,(H,20,22). The molecule has 2 atom stereocenters. The highest BCUT2D eigenvalue weighted by atomic mass is 19.1. The van der Waals surface area contributed by atoms with Gasteiger partial charge in [-0.25, -0.2) is 9.18 Å². The van der Waals surface area contributed by atoms with Gasteiger partial charge in [0.25, 0.3) is 0 Å². The second kappa shape index (κ2) is 6.97. The summed E-state index contributed by atoms with van der Waals surface area (Å²) in [5.74, 6) is 0.118. The van der Waals surface area contributed by atoms with Gasteiger partial charge in [0.1, 0.15) is 23.3 Å². The summed E-state index contributed by atoms with van der Waals surface area (Å²) in [5.41, 5.74) is 9.01. The van der Waals surface area contributed by atoms with E-state index in [1.165, 1.54) is 12.1 Å². The van der Waals surface area contributed by atoms with E-state index in [0.717, 1.165) is 0 Å². The van der Waals surface area contributed by atoms with E-state index in [1.54, 1.807) is 27.7 Å². The van der Waals surface area contributed by atoms with Gasteiger partial charge in [0.15, 0.2) is 0 Å². The van der Waals surface area contributed by atoms with Gasteiger partial charge in [0.2, 0.25) is 0 Å². The first kappa shape index (κ1) is 17.9. The zero-order valence-electron chi connectivity index (χ0n) is 14.2. The molecule has 0 aromatic heterocycles. The number of amides is 1. The predicted octanol–water partition coefficient (Wildman–Crippen LogP) is 4.03. The van der Waals surface area contributed by atoms with Crippen LogP contribution in [0.4, 0.5) is 9.18 Å². The number of benzene rings is 1. The number of halogens is 1. The number of ether oxygens (including phenoxy) is 2. The fraction of sp³-hybridized carbons (Fsp3) is 0.562. The number of rotatable bonds is 4. The van der Waals surface area contributed by atoms with E-state index in [4.69, 9.17) is 15.0 Å². The Balaban J connectivity index is 2.17. The number of hydrogen-bond donors (Lipinski definition) is 1. The number of hydrogen-bond acceptors (Lipinski definition) is 4. The fourth-order valence-electron chi connectivity index (χ4n) is 2.54. The Kier molecular flexibility index (Phi) is 5.19. The van der Waals surface area contributed by atoms with E-state index < -0.39 is 23.6 Å². The first-order valence-corrected chi connectivity index (χ1v) is 7.69. The maximum Gasteiger partial charge on any atom is 0.408 e. The van der Waals surface area contributed by atoms with Crippen molar-refractivity contribution in [3.63, 3.8) is 0 Å². The predicted molar refractivity (Wildman–Crippen MR) is 86.3 cm³/mol. The molecule has 7 nitrogen and oxygen atoms in total. The van der Waals surface area contributed by atoms with Gasteiger partial charge in [-0.15, -0.1) is 0 Å². The maximum atomic E-state index is 13.9. The fourth-order valence-corrected chi connectivity index (χ4v) is 2.54. The molecule has 1 amide bonds. The molecule has 8 heteroatoms. The Hall–Kier alpha value is -2.47. The highest BCUT2D eigenvalue weighted by Crippen LogP contribution is 2.37. The van der Waals surface area contributed by atoms with Gasteiger partial charge < -0.3 is 14.8 Å². The maximum absolute atomic E-state index is 13.9. The number of alkyl carbamates (subject to hydrolysis) is 1. The zero-order valence-corrected chi connectivity index (χ0v) is 14.2. The van der Waals surface area contributed by atoms with Gasteiger partial charge in [0, 0.05) is 22.5 Å². The Morgan fingerprint density at radius 1 is 1.58 bits per heavy atom. The van der Waals surface area contributed by atoms with Crippen LogP contribution in [0.2, 0.25) is 0 Å². The average molecular weight is 336 g/mol. The molecule has 1 aromatic rings. The summed E-state index contributed by atoms with van der Waals surface area (Å²) in [6, 6.07) is 2.23. The molecule has 1 heterocycles. The molecular formula is C16H21FN4O3. The third kappa shape index (κ3) is 4.52. The zero-order chi connectivity index (χ0) is 17.9. The highest BCUT2D eigenvalue weighted by molar-refractivity contribution is 5.68. The van der Waals surface area contributed by atoms with Crippen LogP contribution in [0, 0.1) is 5.82 Å². The minimum absolute atomic E-state index is 0.167. The van der Waals surface area contributed by atoms with Gasteiger partial charge >= 0.3 is 6.09 Å². The lowest BCUT2D eigenvalue weighted by Gasteiger charge is -2.23. The summed E-state index contributed by atoms with van der Waals surface area (Å²) in [4.78, 5) is 14.6. The van der Waals surface area contributed by atoms with Crippen LogP contribution >= 0.6 is 0 Å². The van der Waals surface area contributed by atoms with Crippen molar-refractivity contribution in [2.75, 3.05) is 6.54 Å². The van der Waals surface area contributed by atoms with Crippen LogP contribution in [0.1, 0.15) is 44.9 Å². The smallest absolute Gasteiger partial charge is 0.408 e. The van der Waals surface area contributed by atoms with Gasteiger partial charge in [-0.2, -0.15) is 0 Å². The lowest BCUT2D eigenvalue weighted by atomic mass is 10.0. The molecule has 130 valence electrons. The topological polar surface area (TPSA) is 96.3 Å². The summed E-state index contributed by atoms with van der Waals surface area (Å²) in [6.45, 7) is 7.19. The van der Waals surface area contributed by atoms with E-state index in [-0.39, 0.29) is 12.6 Å². The van der Waals surface area contributed by atoms with E-state index in [9.17, 15) is 9.18 Å². The molecular weight excluding hydrogens is 315 g/mol. The summed E-state index contributed by atoms with van der Waals surface area (Å²) in [7, 11) is 0. The summed E-state index contributed by atoms with van der Waals surface area (Å²) in [6.07, 6.45) is -0.458. The Labute approximate surface area is 139 Å². The van der Waals surface area contributed by atoms with Crippen molar-refractivity contribution >= 4 is 6.09 Å². The first-order chi connectivity index (χ1) is 11.2. The van der Waals surface area contributed by atoms with Crippen LogP contribution in [0.25, 0.3) is 10.4 Å². The molecule has 1 aromatic carbocycles. The SMILES string of the molecule is CC(NC(=O)OC(C)(C)C)c1cc(F)cc2c1OC(CN=[N+]=[N-])C2. The van der Waals surface area contributed by atoms with Crippen LogP contribution in [0.3, 0.4) is 0 Å². The second-order valence-corrected chi connectivity index (χ2v) is 6.71. The molecule has 24 heavy (non-hydrogen) atoms. The van der Waals surface area contributed by atoms with Gasteiger partial charge in [-0.05, 0) is 45.4 Å². The third-order valence-electron chi connectivity index (χ3n) is 3.44. The minimum atomic E-state index is -0.620. The van der Waals surface area contributed by atoms with Crippen molar-refractivity contribution in [3.05, 3.63) is 39.5 Å². The van der Waals surface area contributed by atoms with E-state index in [0.29, 0.717) is 23.3 Å². The Morgan fingerprint density at radius 3 is 2.92 bits per heavy atom. The molecule has 1 N–H and O–H groups in total. The second-order valence-electron chi connectivity index (χ2n) is 6.71. The molecule has 1 aliphatic rings. The van der Waals surface area contributed by atoms with Crippen LogP contribution in [0.5, 0.6) is 5.75 Å². The van der Waals surface area contributed by atoms with E-state index in [1.807, 2.05) is 0 Å². The number of fused-ring (bicyclic) bond motifs is 1.